The summed E-state index contributed by atoms with van der Waals surface area (Å²) in [6.45, 7) is 39.0. The van der Waals surface area contributed by atoms with Gasteiger partial charge < -0.3 is 19.1 Å². The molecule has 72 heavy (non-hydrogen) atoms. The van der Waals surface area contributed by atoms with Crippen molar-refractivity contribution in [1.29, 1.82) is 0 Å². The summed E-state index contributed by atoms with van der Waals surface area (Å²) in [5.74, 6) is 2.11. The van der Waals surface area contributed by atoms with E-state index in [9.17, 15) is 0 Å². The second kappa shape index (κ2) is 18.9. The van der Waals surface area contributed by atoms with Gasteiger partial charge in [-0.25, -0.2) is 4.98 Å². The summed E-state index contributed by atoms with van der Waals surface area (Å²) in [4.78, 5) is 9.85. The molecular weight excluding hydrogens is 1060 g/mol. The second-order valence-electron chi connectivity index (χ2n) is 24.8. The zero-order valence-electron chi connectivity index (χ0n) is 45.4. The van der Waals surface area contributed by atoms with Crippen molar-refractivity contribution in [2.45, 2.75) is 143 Å². The molecule has 0 saturated carbocycles. The van der Waals surface area contributed by atoms with Crippen LogP contribution < -0.4 is 14.5 Å². The van der Waals surface area contributed by atoms with Gasteiger partial charge in [-0.3, -0.25) is 0 Å². The summed E-state index contributed by atoms with van der Waals surface area (Å²) in [5.41, 5.74) is 12.2. The first-order valence-corrected chi connectivity index (χ1v) is 25.4. The van der Waals surface area contributed by atoms with E-state index in [2.05, 4.69) is 283 Å². The van der Waals surface area contributed by atoms with Gasteiger partial charge in [0.2, 0.25) is 0 Å². The maximum Gasteiger partial charge on any atom is 0.135 e. The summed E-state index contributed by atoms with van der Waals surface area (Å²) in [6, 6.07) is 58.4. The monoisotopic (exact) mass is 1130 g/mol. The minimum absolute atomic E-state index is 0. The third-order valence-corrected chi connectivity index (χ3v) is 14.6. The molecule has 0 saturated heterocycles. The van der Waals surface area contributed by atoms with E-state index in [1.54, 1.807) is 0 Å². The molecule has 0 unspecified atom stereocenters. The van der Waals surface area contributed by atoms with Crippen LogP contribution in [0.25, 0.3) is 27.6 Å². The molecule has 0 atom stereocenters. The Morgan fingerprint density at radius 3 is 1.58 bits per heavy atom. The summed E-state index contributed by atoms with van der Waals surface area (Å²) < 4.78 is 9.51. The van der Waals surface area contributed by atoms with Crippen molar-refractivity contribution >= 4 is 33.2 Å². The van der Waals surface area contributed by atoms with Crippen LogP contribution in [0.2, 0.25) is 0 Å². The number of nitrogens with zero attached hydrogens (tertiary/aromatic N) is 4. The van der Waals surface area contributed by atoms with Gasteiger partial charge >= 0.3 is 0 Å². The van der Waals surface area contributed by atoms with Crippen molar-refractivity contribution in [3.63, 3.8) is 0 Å². The third-order valence-electron chi connectivity index (χ3n) is 14.6. The van der Waals surface area contributed by atoms with Gasteiger partial charge in [0.15, 0.2) is 0 Å². The van der Waals surface area contributed by atoms with Crippen molar-refractivity contribution in [2.75, 3.05) is 9.80 Å². The number of hydrogen-bond donors (Lipinski definition) is 0. The molecule has 0 aliphatic carbocycles. The molecule has 1 aliphatic heterocycles. The Labute approximate surface area is 445 Å². The van der Waals surface area contributed by atoms with Crippen molar-refractivity contribution in [3.05, 3.63) is 209 Å². The van der Waals surface area contributed by atoms with Crippen LogP contribution in [-0.2, 0) is 53.6 Å². The van der Waals surface area contributed by atoms with E-state index in [0.29, 0.717) is 11.5 Å². The molecule has 5 nitrogen and oxygen atoms in total. The van der Waals surface area contributed by atoms with Crippen molar-refractivity contribution in [2.24, 2.45) is 0 Å². The van der Waals surface area contributed by atoms with Gasteiger partial charge in [-0.05, 0) is 79.6 Å². The number of benzene rings is 6. The molecule has 0 spiro atoms. The van der Waals surface area contributed by atoms with E-state index in [1.807, 2.05) is 6.20 Å². The Bertz CT molecular complexity index is 3300. The first kappa shape index (κ1) is 52.4. The topological polar surface area (TPSA) is 33.5 Å². The van der Waals surface area contributed by atoms with Gasteiger partial charge in [-0.2, -0.15) is 0 Å². The molecule has 0 bridgehead atoms. The van der Waals surface area contributed by atoms with Crippen molar-refractivity contribution < 1.29 is 25.8 Å². The summed E-state index contributed by atoms with van der Waals surface area (Å²) >= 11 is 0. The number of fused-ring (bicyclic) bond motifs is 3. The van der Waals surface area contributed by atoms with Crippen LogP contribution in [0.3, 0.4) is 0 Å². The minimum atomic E-state index is -0.478. The normalized spacial score (nSPS) is 14.1. The Morgan fingerprint density at radius 2 is 1.00 bits per heavy atom. The largest absolute Gasteiger partial charge is 0.509 e. The smallest absolute Gasteiger partial charge is 0.135 e. The number of allylic oxidation sites excluding steroid dienone is 2. The second-order valence-corrected chi connectivity index (χ2v) is 24.8. The number of aromatic nitrogens is 2. The molecule has 0 radical (unpaired) electrons. The van der Waals surface area contributed by atoms with Crippen LogP contribution >= 0.6 is 0 Å². The molecule has 0 N–H and O–H groups in total. The molecule has 0 amide bonds. The van der Waals surface area contributed by atoms with Crippen molar-refractivity contribution in [3.8, 4) is 17.3 Å². The van der Waals surface area contributed by atoms with Crippen LogP contribution in [0.1, 0.15) is 144 Å². The fourth-order valence-corrected chi connectivity index (χ4v) is 10.3. The number of anilines is 2. The number of para-hydroxylation sites is 1. The Balaban J connectivity index is 0.00000693. The van der Waals surface area contributed by atoms with Crippen LogP contribution in [0.5, 0.6) is 11.5 Å². The van der Waals surface area contributed by atoms with Gasteiger partial charge in [0.05, 0.1) is 0 Å². The van der Waals surface area contributed by atoms with E-state index in [0.717, 1.165) is 39.2 Å². The molecule has 9 rings (SSSR count). The quantitative estimate of drug-likeness (QED) is 0.135. The van der Waals surface area contributed by atoms with Crippen LogP contribution in [-0.4, -0.2) is 9.55 Å². The van der Waals surface area contributed by atoms with E-state index in [1.165, 1.54) is 44.6 Å². The Morgan fingerprint density at radius 1 is 0.472 bits per heavy atom. The van der Waals surface area contributed by atoms with E-state index in [-0.39, 0.29) is 42.7 Å². The van der Waals surface area contributed by atoms with Gasteiger partial charge in [0, 0.05) is 72.2 Å². The predicted octanol–water partition coefficient (Wildman–Crippen LogP) is 17.4. The molecule has 6 aromatic carbocycles. The van der Waals surface area contributed by atoms with E-state index >= 15 is 0 Å². The summed E-state index contributed by atoms with van der Waals surface area (Å²) in [5, 5.41) is 2.32. The molecular formula is C66H73N4OPt-3. The van der Waals surface area contributed by atoms with Crippen LogP contribution in [0.15, 0.2) is 157 Å². The van der Waals surface area contributed by atoms with Crippen LogP contribution in [0, 0.1) is 18.8 Å². The average molecular weight is 1130 g/mol. The fraction of sp³-hybridized carbons (Fsp3) is 0.333. The predicted molar refractivity (Wildman–Crippen MR) is 299 cm³/mol. The number of rotatable bonds is 9. The number of hydrogen-bond acceptors (Lipinski definition) is 4. The molecule has 8 aromatic rings. The van der Waals surface area contributed by atoms with Crippen molar-refractivity contribution in [1.82, 2.24) is 9.55 Å². The summed E-state index contributed by atoms with van der Waals surface area (Å²) in [7, 11) is 0. The first-order chi connectivity index (χ1) is 33.2. The van der Waals surface area contributed by atoms with Gasteiger partial charge in [-0.1, -0.05) is 213 Å². The summed E-state index contributed by atoms with van der Waals surface area (Å²) in [6.07, 6.45) is 1.93. The van der Waals surface area contributed by atoms with E-state index < -0.39 is 10.8 Å². The Kier molecular flexibility index (Phi) is 13.7. The number of ether oxygens (including phenoxy) is 1. The third kappa shape index (κ3) is 9.83. The molecule has 376 valence electrons. The maximum absolute atomic E-state index is 7.24. The number of pyridine rings is 1. The van der Waals surface area contributed by atoms with E-state index in [4.69, 9.17) is 9.72 Å². The van der Waals surface area contributed by atoms with Crippen LogP contribution in [0.4, 0.5) is 11.4 Å². The molecule has 6 heteroatoms. The SMILES string of the molecule is CC(C)(C)c1cc(Oc2[c-]c3c(c(C(C)(C)C)c2)c2ccccc2n3-c2cc(C(C)(C)C)ccn2)[c-]c(N2[CH-]N(c3cccc(C(C)(C)C)c3)C(C(C)(C)c3ccccc3)=C2C(C)(C)c2ccccc2)c1.[Pt]. The standard InChI is InChI=1S/C66H73N4O.Pt/c1-61(2,3)46-30-25-31-49(36-46)68-43-69(60(66(15,16)45-28-21-18-22-29-45)59(68)65(13,14)44-26-19-17-20-27-44)50-37-48(63(7,8)9)38-51(40-50)71-52-41-54(64(10,11)12)58-53-32-23-24-33-55(53)70(56(58)42-52)57-39-47(34-35-67-57)62(4,5)6;/h17-39,41,43H,1-16H3;/q-3;. The minimum Gasteiger partial charge on any atom is -0.509 e. The molecule has 2 aromatic heterocycles. The van der Waals surface area contributed by atoms with Gasteiger partial charge in [0.1, 0.15) is 5.82 Å². The zero-order chi connectivity index (χ0) is 51.1. The van der Waals surface area contributed by atoms with Gasteiger partial charge in [0.25, 0.3) is 0 Å². The zero-order valence-corrected chi connectivity index (χ0v) is 47.7. The molecule has 0 fully saturated rings. The maximum atomic E-state index is 7.24. The molecule has 3 heterocycles. The van der Waals surface area contributed by atoms with Gasteiger partial charge in [-0.15, -0.1) is 53.8 Å². The fourth-order valence-electron chi connectivity index (χ4n) is 10.3. The Hall–Kier alpha value is -5.90. The molecule has 1 aliphatic rings. The first-order valence-electron chi connectivity index (χ1n) is 25.4. The average Bonchev–Trinajstić information content (AvgIpc) is 3.89.